The number of aliphatic imine (C=N–C) groups is 1. The third-order valence-corrected chi connectivity index (χ3v) is 5.34. The van der Waals surface area contributed by atoms with Crippen molar-refractivity contribution in [2.24, 2.45) is 4.99 Å². The molecule has 0 atom stereocenters. The first kappa shape index (κ1) is 15.8. The van der Waals surface area contributed by atoms with Crippen LogP contribution in [-0.4, -0.2) is 20.4 Å². The Kier molecular flexibility index (Phi) is 4.20. The van der Waals surface area contributed by atoms with Crippen LogP contribution >= 0.6 is 11.8 Å². The summed E-state index contributed by atoms with van der Waals surface area (Å²) in [6.45, 7) is 0. The topological polar surface area (TPSA) is 24.8 Å². The molecule has 1 aliphatic rings. The fourth-order valence-electron chi connectivity index (χ4n) is 2.86. The Morgan fingerprint density at radius 1 is 0.920 bits per heavy atom. The molecule has 0 saturated carbocycles. The molecule has 1 aliphatic heterocycles. The van der Waals surface area contributed by atoms with Gasteiger partial charge >= 0.3 is 0 Å². The highest BCUT2D eigenvalue weighted by Gasteiger charge is 2.20. The quantitative estimate of drug-likeness (QED) is 0.571. The summed E-state index contributed by atoms with van der Waals surface area (Å²) in [5.74, 6) is 0.839. The molecule has 0 aliphatic carbocycles. The molecule has 124 valence electrons. The summed E-state index contributed by atoms with van der Waals surface area (Å²) in [4.78, 5) is 9.33. The first-order valence-electron chi connectivity index (χ1n) is 8.07. The zero-order chi connectivity index (χ0) is 17.2. The fourth-order valence-corrected chi connectivity index (χ4v) is 4.05. The van der Waals surface area contributed by atoms with Crippen LogP contribution in [0.3, 0.4) is 0 Å². The summed E-state index contributed by atoms with van der Waals surface area (Å²) < 4.78 is 5.17. The zero-order valence-electron chi connectivity index (χ0n) is 14.1. The summed E-state index contributed by atoms with van der Waals surface area (Å²) in [5.41, 5.74) is 4.48. The lowest BCUT2D eigenvalue weighted by Crippen LogP contribution is -2.14. The predicted molar refractivity (Wildman–Crippen MR) is 105 cm³/mol. The minimum atomic E-state index is 0.839. The zero-order valence-corrected chi connectivity index (χ0v) is 15.0. The van der Waals surface area contributed by atoms with E-state index in [1.54, 1.807) is 7.11 Å². The van der Waals surface area contributed by atoms with Gasteiger partial charge in [-0.15, -0.1) is 0 Å². The van der Waals surface area contributed by atoms with Crippen LogP contribution in [0.2, 0.25) is 0 Å². The molecule has 0 spiro atoms. The summed E-state index contributed by atoms with van der Waals surface area (Å²) in [5, 5.41) is 0. The minimum absolute atomic E-state index is 0.839. The Balaban J connectivity index is 1.60. The van der Waals surface area contributed by atoms with E-state index >= 15 is 0 Å². The third kappa shape index (κ3) is 3.13. The molecular formula is C21H18N2OS. The van der Waals surface area contributed by atoms with Gasteiger partial charge in [-0.2, -0.15) is 0 Å². The SMILES string of the molecule is COc1ccc(N=Cc2ccc3c(c2)Sc2ccccc2N3C)cc1. The second kappa shape index (κ2) is 6.65. The highest BCUT2D eigenvalue weighted by atomic mass is 32.2. The van der Waals surface area contributed by atoms with Gasteiger partial charge in [0.05, 0.1) is 24.2 Å². The van der Waals surface area contributed by atoms with Crippen molar-refractivity contribution in [3.05, 3.63) is 72.3 Å². The summed E-state index contributed by atoms with van der Waals surface area (Å²) in [6.07, 6.45) is 1.91. The Morgan fingerprint density at radius 2 is 1.68 bits per heavy atom. The van der Waals surface area contributed by atoms with Gasteiger partial charge in [-0.3, -0.25) is 4.99 Å². The number of para-hydroxylation sites is 1. The van der Waals surface area contributed by atoms with Gasteiger partial charge < -0.3 is 9.64 Å². The van der Waals surface area contributed by atoms with Crippen molar-refractivity contribution < 1.29 is 4.74 Å². The summed E-state index contributed by atoms with van der Waals surface area (Å²) in [6, 6.07) is 22.7. The van der Waals surface area contributed by atoms with Gasteiger partial charge in [0.1, 0.15) is 5.75 Å². The maximum absolute atomic E-state index is 5.17. The van der Waals surface area contributed by atoms with Crippen LogP contribution < -0.4 is 9.64 Å². The molecule has 0 fully saturated rings. The Morgan fingerprint density at radius 3 is 2.48 bits per heavy atom. The van der Waals surface area contributed by atoms with Gasteiger partial charge in [0.2, 0.25) is 0 Å². The van der Waals surface area contributed by atoms with Gasteiger partial charge in [-0.25, -0.2) is 0 Å². The number of nitrogens with zero attached hydrogens (tertiary/aromatic N) is 2. The number of ether oxygens (including phenoxy) is 1. The van der Waals surface area contributed by atoms with E-state index in [4.69, 9.17) is 4.74 Å². The molecule has 0 bridgehead atoms. The van der Waals surface area contributed by atoms with Crippen molar-refractivity contribution in [3.8, 4) is 5.75 Å². The molecule has 0 unspecified atom stereocenters. The lowest BCUT2D eigenvalue weighted by Gasteiger charge is -2.29. The van der Waals surface area contributed by atoms with E-state index < -0.39 is 0 Å². The lowest BCUT2D eigenvalue weighted by molar-refractivity contribution is 0.415. The smallest absolute Gasteiger partial charge is 0.119 e. The van der Waals surface area contributed by atoms with E-state index in [2.05, 4.69) is 59.4 Å². The minimum Gasteiger partial charge on any atom is -0.497 e. The maximum Gasteiger partial charge on any atom is 0.119 e. The largest absolute Gasteiger partial charge is 0.497 e. The van der Waals surface area contributed by atoms with Gasteiger partial charge in [-0.1, -0.05) is 30.0 Å². The van der Waals surface area contributed by atoms with Crippen LogP contribution in [0.4, 0.5) is 17.1 Å². The molecule has 1 heterocycles. The highest BCUT2D eigenvalue weighted by molar-refractivity contribution is 7.99. The Bertz CT molecular complexity index is 935. The first-order chi connectivity index (χ1) is 12.2. The summed E-state index contributed by atoms with van der Waals surface area (Å²) >= 11 is 1.81. The lowest BCUT2D eigenvalue weighted by atomic mass is 10.2. The first-order valence-corrected chi connectivity index (χ1v) is 8.89. The average Bonchev–Trinajstić information content (AvgIpc) is 2.67. The van der Waals surface area contributed by atoms with E-state index in [0.29, 0.717) is 0 Å². The normalized spacial score (nSPS) is 12.8. The molecule has 0 radical (unpaired) electrons. The molecule has 25 heavy (non-hydrogen) atoms. The maximum atomic E-state index is 5.17. The van der Waals surface area contributed by atoms with E-state index in [1.165, 1.54) is 21.2 Å². The van der Waals surface area contributed by atoms with E-state index in [-0.39, 0.29) is 0 Å². The van der Waals surface area contributed by atoms with Crippen LogP contribution in [0.5, 0.6) is 5.75 Å². The number of fused-ring (bicyclic) bond motifs is 2. The number of hydrogen-bond acceptors (Lipinski definition) is 4. The molecular weight excluding hydrogens is 328 g/mol. The second-order valence-electron chi connectivity index (χ2n) is 5.81. The van der Waals surface area contributed by atoms with Crippen molar-refractivity contribution in [3.63, 3.8) is 0 Å². The molecule has 0 amide bonds. The van der Waals surface area contributed by atoms with Crippen molar-refractivity contribution in [1.82, 2.24) is 0 Å². The number of anilines is 2. The number of hydrogen-bond donors (Lipinski definition) is 0. The fraction of sp³-hybridized carbons (Fsp3) is 0.0952. The molecule has 0 N–H and O–H groups in total. The number of methoxy groups -OCH3 is 1. The van der Waals surface area contributed by atoms with Crippen LogP contribution in [0.25, 0.3) is 0 Å². The van der Waals surface area contributed by atoms with Crippen LogP contribution in [0.15, 0.2) is 81.5 Å². The van der Waals surface area contributed by atoms with Gasteiger partial charge in [-0.05, 0) is 54.1 Å². The second-order valence-corrected chi connectivity index (χ2v) is 6.90. The average molecular weight is 346 g/mol. The van der Waals surface area contributed by atoms with Gasteiger partial charge in [0.25, 0.3) is 0 Å². The highest BCUT2D eigenvalue weighted by Crippen LogP contribution is 2.47. The van der Waals surface area contributed by atoms with Crippen molar-refractivity contribution >= 4 is 35.0 Å². The Labute approximate surface area is 152 Å². The molecule has 0 aromatic heterocycles. The molecule has 3 nitrogen and oxygen atoms in total. The van der Waals surface area contributed by atoms with Crippen molar-refractivity contribution in [2.75, 3.05) is 19.1 Å². The molecule has 3 aromatic carbocycles. The van der Waals surface area contributed by atoms with Crippen molar-refractivity contribution in [1.29, 1.82) is 0 Å². The van der Waals surface area contributed by atoms with Gasteiger partial charge in [0.15, 0.2) is 0 Å². The number of benzene rings is 3. The summed E-state index contributed by atoms with van der Waals surface area (Å²) in [7, 11) is 3.78. The van der Waals surface area contributed by atoms with E-state index in [9.17, 15) is 0 Å². The molecule has 0 saturated heterocycles. The molecule has 4 rings (SSSR count). The van der Waals surface area contributed by atoms with E-state index in [1.807, 2.05) is 42.2 Å². The predicted octanol–water partition coefficient (Wildman–Crippen LogP) is 5.68. The Hall–Kier alpha value is -2.72. The molecule has 4 heteroatoms. The number of rotatable bonds is 3. The van der Waals surface area contributed by atoms with Crippen LogP contribution in [0, 0.1) is 0 Å². The monoisotopic (exact) mass is 346 g/mol. The van der Waals surface area contributed by atoms with Crippen molar-refractivity contribution in [2.45, 2.75) is 9.79 Å². The molecule has 3 aromatic rings. The van der Waals surface area contributed by atoms with Gasteiger partial charge in [0, 0.05) is 23.1 Å². The van der Waals surface area contributed by atoms with Crippen LogP contribution in [-0.2, 0) is 0 Å². The standard InChI is InChI=1S/C21H18N2OS/c1-23-18-5-3-4-6-20(18)25-21-13-15(7-12-19(21)23)14-22-16-8-10-17(24-2)11-9-16/h3-14H,1-2H3. The van der Waals surface area contributed by atoms with E-state index in [0.717, 1.165) is 17.0 Å². The van der Waals surface area contributed by atoms with Crippen LogP contribution in [0.1, 0.15) is 5.56 Å². The third-order valence-electron chi connectivity index (χ3n) is 4.23.